The van der Waals surface area contributed by atoms with Crippen molar-refractivity contribution in [3.05, 3.63) is 34.9 Å². The molecular formula is C14H10ClF5N2. The van der Waals surface area contributed by atoms with Gasteiger partial charge in [0.05, 0.1) is 12.1 Å². The van der Waals surface area contributed by atoms with Gasteiger partial charge in [0.25, 0.3) is 0 Å². The topological polar surface area (TPSA) is 47.6 Å². The number of rotatable bonds is 5. The SMILES string of the molecule is N#CC(C#N)(CCC(F)(F)C(F)(F)F)Cc1ccc(Cl)cc1. The van der Waals surface area contributed by atoms with Gasteiger partial charge in [-0.3, -0.25) is 0 Å². The summed E-state index contributed by atoms with van der Waals surface area (Å²) in [5.74, 6) is -4.94. The molecule has 0 bridgehead atoms. The molecule has 0 spiro atoms. The van der Waals surface area contributed by atoms with E-state index in [0.29, 0.717) is 10.6 Å². The summed E-state index contributed by atoms with van der Waals surface area (Å²) < 4.78 is 62.4. The number of hydrogen-bond acceptors (Lipinski definition) is 2. The first-order chi connectivity index (χ1) is 10.1. The van der Waals surface area contributed by atoms with Gasteiger partial charge in [-0.2, -0.15) is 32.5 Å². The molecule has 0 aliphatic rings. The van der Waals surface area contributed by atoms with Crippen molar-refractivity contribution in [1.82, 2.24) is 0 Å². The Bertz CT molecular complexity index is 582. The maximum Gasteiger partial charge on any atom is 0.453 e. The van der Waals surface area contributed by atoms with Crippen molar-refractivity contribution in [1.29, 1.82) is 10.5 Å². The van der Waals surface area contributed by atoms with Crippen LogP contribution in [0.25, 0.3) is 0 Å². The zero-order chi connectivity index (χ0) is 17.0. The molecule has 0 unspecified atom stereocenters. The third-order valence-electron chi connectivity index (χ3n) is 3.13. The van der Waals surface area contributed by atoms with E-state index in [-0.39, 0.29) is 6.42 Å². The molecule has 118 valence electrons. The zero-order valence-corrected chi connectivity index (χ0v) is 11.8. The standard InChI is InChI=1S/C14H10ClF5N2/c15-11-3-1-10(2-4-11)7-12(8-21,9-22)5-6-13(16,17)14(18,19)20/h1-4H,5-7H2. The minimum absolute atomic E-state index is 0.259. The smallest absolute Gasteiger partial charge is 0.197 e. The third kappa shape index (κ3) is 4.32. The summed E-state index contributed by atoms with van der Waals surface area (Å²) in [6, 6.07) is 9.02. The van der Waals surface area contributed by atoms with Gasteiger partial charge in [-0.15, -0.1) is 0 Å². The van der Waals surface area contributed by atoms with E-state index in [9.17, 15) is 22.0 Å². The highest BCUT2D eigenvalue weighted by Crippen LogP contribution is 2.42. The van der Waals surface area contributed by atoms with Crippen LogP contribution in [0.5, 0.6) is 0 Å². The highest BCUT2D eigenvalue weighted by molar-refractivity contribution is 6.30. The molecule has 0 aliphatic carbocycles. The predicted octanol–water partition coefficient (Wildman–Crippen LogP) is 4.89. The normalized spacial score (nSPS) is 12.5. The van der Waals surface area contributed by atoms with Crippen molar-refractivity contribution in [3.8, 4) is 12.1 Å². The monoisotopic (exact) mass is 336 g/mol. The minimum atomic E-state index is -5.70. The maximum absolute atomic E-state index is 13.0. The fourth-order valence-corrected chi connectivity index (χ4v) is 1.89. The second-order valence-corrected chi connectivity index (χ2v) is 5.25. The molecule has 0 amide bonds. The number of halogens is 6. The van der Waals surface area contributed by atoms with Gasteiger partial charge in [0.2, 0.25) is 0 Å². The molecule has 22 heavy (non-hydrogen) atoms. The van der Waals surface area contributed by atoms with E-state index in [1.165, 1.54) is 24.3 Å². The number of hydrogen-bond donors (Lipinski definition) is 0. The zero-order valence-electron chi connectivity index (χ0n) is 11.1. The molecule has 0 aliphatic heterocycles. The van der Waals surface area contributed by atoms with E-state index in [1.807, 2.05) is 0 Å². The van der Waals surface area contributed by atoms with Crippen molar-refractivity contribution >= 4 is 11.6 Å². The van der Waals surface area contributed by atoms with Crippen LogP contribution < -0.4 is 0 Å². The Hall–Kier alpha value is -1.86. The summed E-state index contributed by atoms with van der Waals surface area (Å²) in [7, 11) is 0. The Morgan fingerprint density at radius 1 is 0.909 bits per heavy atom. The molecule has 0 N–H and O–H groups in total. The Morgan fingerprint density at radius 2 is 1.41 bits per heavy atom. The van der Waals surface area contributed by atoms with Crippen molar-refractivity contribution in [2.75, 3.05) is 0 Å². The van der Waals surface area contributed by atoms with Gasteiger partial charge in [-0.05, 0) is 24.1 Å². The first kappa shape index (κ1) is 18.2. The van der Waals surface area contributed by atoms with Crippen LogP contribution in [0.15, 0.2) is 24.3 Å². The number of nitrogens with zero attached hydrogens (tertiary/aromatic N) is 2. The van der Waals surface area contributed by atoms with Crippen LogP contribution in [0.1, 0.15) is 18.4 Å². The average Bonchev–Trinajstić information content (AvgIpc) is 2.45. The van der Waals surface area contributed by atoms with Crippen LogP contribution in [0.3, 0.4) is 0 Å². The van der Waals surface area contributed by atoms with Crippen LogP contribution in [0, 0.1) is 28.1 Å². The van der Waals surface area contributed by atoms with E-state index < -0.39 is 30.4 Å². The summed E-state index contributed by atoms with van der Waals surface area (Å²) in [6.07, 6.45) is -8.48. The van der Waals surface area contributed by atoms with E-state index in [4.69, 9.17) is 22.1 Å². The summed E-state index contributed by atoms with van der Waals surface area (Å²) in [4.78, 5) is 0. The molecule has 0 saturated carbocycles. The second-order valence-electron chi connectivity index (χ2n) is 4.81. The molecule has 0 saturated heterocycles. The van der Waals surface area contributed by atoms with Crippen molar-refractivity contribution in [2.24, 2.45) is 5.41 Å². The number of benzene rings is 1. The van der Waals surface area contributed by atoms with Crippen molar-refractivity contribution < 1.29 is 22.0 Å². The molecule has 0 heterocycles. The molecule has 0 fully saturated rings. The van der Waals surface area contributed by atoms with Crippen LogP contribution in [0.4, 0.5) is 22.0 Å². The van der Waals surface area contributed by atoms with Gasteiger partial charge in [0.1, 0.15) is 5.41 Å². The van der Waals surface area contributed by atoms with Crippen LogP contribution >= 0.6 is 11.6 Å². The van der Waals surface area contributed by atoms with Gasteiger partial charge >= 0.3 is 12.1 Å². The Labute approximate surface area is 128 Å². The second kappa shape index (κ2) is 6.50. The summed E-state index contributed by atoms with van der Waals surface area (Å²) in [5.41, 5.74) is -1.51. The third-order valence-corrected chi connectivity index (χ3v) is 3.38. The quantitative estimate of drug-likeness (QED) is 0.718. The average molecular weight is 337 g/mol. The Kier molecular flexibility index (Phi) is 5.37. The van der Waals surface area contributed by atoms with E-state index >= 15 is 0 Å². The van der Waals surface area contributed by atoms with Crippen LogP contribution in [-0.4, -0.2) is 12.1 Å². The molecule has 0 atom stereocenters. The molecule has 1 rings (SSSR count). The van der Waals surface area contributed by atoms with Crippen molar-refractivity contribution in [2.45, 2.75) is 31.4 Å². The van der Waals surface area contributed by atoms with E-state index in [1.54, 1.807) is 12.1 Å². The van der Waals surface area contributed by atoms with Gasteiger partial charge in [0.15, 0.2) is 0 Å². The molecule has 8 heteroatoms. The van der Waals surface area contributed by atoms with E-state index in [2.05, 4.69) is 0 Å². The lowest BCUT2D eigenvalue weighted by Crippen LogP contribution is -2.38. The van der Waals surface area contributed by atoms with Gasteiger partial charge < -0.3 is 0 Å². The first-order valence-corrected chi connectivity index (χ1v) is 6.44. The van der Waals surface area contributed by atoms with Gasteiger partial charge in [0, 0.05) is 17.9 Å². The fraction of sp³-hybridized carbons (Fsp3) is 0.429. The highest BCUT2D eigenvalue weighted by Gasteiger charge is 2.57. The predicted molar refractivity (Wildman–Crippen MR) is 69.1 cm³/mol. The molecule has 1 aromatic rings. The molecule has 1 aromatic carbocycles. The van der Waals surface area contributed by atoms with Gasteiger partial charge in [-0.25, -0.2) is 0 Å². The maximum atomic E-state index is 13.0. The summed E-state index contributed by atoms with van der Waals surface area (Å²) in [5, 5.41) is 18.5. The lowest BCUT2D eigenvalue weighted by Gasteiger charge is -2.24. The van der Waals surface area contributed by atoms with Crippen LogP contribution in [0.2, 0.25) is 5.02 Å². The summed E-state index contributed by atoms with van der Waals surface area (Å²) in [6.45, 7) is 0. The molecule has 0 aromatic heterocycles. The number of nitriles is 2. The molecule has 2 nitrogen and oxygen atoms in total. The lowest BCUT2D eigenvalue weighted by molar-refractivity contribution is -0.285. The Morgan fingerprint density at radius 3 is 1.82 bits per heavy atom. The Balaban J connectivity index is 2.92. The number of alkyl halides is 5. The highest BCUT2D eigenvalue weighted by atomic mass is 35.5. The molecular weight excluding hydrogens is 327 g/mol. The minimum Gasteiger partial charge on any atom is -0.197 e. The molecule has 0 radical (unpaired) electrons. The van der Waals surface area contributed by atoms with E-state index in [0.717, 1.165) is 0 Å². The fourth-order valence-electron chi connectivity index (χ4n) is 1.77. The largest absolute Gasteiger partial charge is 0.453 e. The first-order valence-electron chi connectivity index (χ1n) is 6.07. The summed E-state index contributed by atoms with van der Waals surface area (Å²) >= 11 is 5.67. The van der Waals surface area contributed by atoms with Crippen molar-refractivity contribution in [3.63, 3.8) is 0 Å². The van der Waals surface area contributed by atoms with Crippen LogP contribution in [-0.2, 0) is 6.42 Å². The lowest BCUT2D eigenvalue weighted by atomic mass is 9.79. The van der Waals surface area contributed by atoms with Gasteiger partial charge in [-0.1, -0.05) is 23.7 Å².